The third-order valence-electron chi connectivity index (χ3n) is 6.46. The van der Waals surface area contributed by atoms with Crippen molar-refractivity contribution in [3.63, 3.8) is 0 Å². The third kappa shape index (κ3) is 6.07. The van der Waals surface area contributed by atoms with Gasteiger partial charge in [0.2, 0.25) is 0 Å². The molecule has 2 N–H and O–H groups in total. The molecule has 29 heavy (non-hydrogen) atoms. The first-order chi connectivity index (χ1) is 14.0. The molecule has 1 aromatic rings. The molecule has 1 aliphatic rings. The Hall–Kier alpha value is -1.36. The maximum absolute atomic E-state index is 12.3. The number of nitrogens with zero attached hydrogens (tertiary/aromatic N) is 1. The number of amides is 1. The number of carboxylic acid groups (broad SMARTS) is 1. The van der Waals surface area contributed by atoms with Gasteiger partial charge < -0.3 is 15.1 Å². The van der Waals surface area contributed by atoms with Crippen LogP contribution in [-0.2, 0) is 0 Å². The van der Waals surface area contributed by atoms with Gasteiger partial charge in [0.15, 0.2) is 0 Å². The van der Waals surface area contributed by atoms with Crippen molar-refractivity contribution in [2.45, 2.75) is 101 Å². The molecule has 1 amide bonds. The van der Waals surface area contributed by atoms with E-state index in [2.05, 4.69) is 20.8 Å². The summed E-state index contributed by atoms with van der Waals surface area (Å²) in [5.74, 6) is 0.655. The molecule has 2 atom stereocenters. The Morgan fingerprint density at radius 1 is 1.07 bits per heavy atom. The van der Waals surface area contributed by atoms with Crippen molar-refractivity contribution < 1.29 is 15.0 Å². The van der Waals surface area contributed by atoms with E-state index in [0.29, 0.717) is 17.7 Å². The van der Waals surface area contributed by atoms with E-state index in [1.54, 1.807) is 12.1 Å². The maximum Gasteiger partial charge on any atom is 0.407 e. The monoisotopic (exact) mass is 421 g/mol. The normalized spacial score (nSPS) is 21.3. The zero-order valence-corrected chi connectivity index (χ0v) is 19.2. The standard InChI is InChI=1S/C24H39NO3S/c1-4-7-10-21-22(29-20-13-11-19(26)12-14-20)15-18-25(23(27)28)24(21,16-8-5-2)17-9-6-3/h11-14,21-22,26H,4-10,15-18H2,1-3H3,(H,27,28). The molecule has 4 nitrogen and oxygen atoms in total. The summed E-state index contributed by atoms with van der Waals surface area (Å²) < 4.78 is 0. The molecule has 1 saturated heterocycles. The molecule has 0 radical (unpaired) electrons. The number of benzene rings is 1. The molecule has 1 fully saturated rings. The Morgan fingerprint density at radius 2 is 1.66 bits per heavy atom. The highest BCUT2D eigenvalue weighted by molar-refractivity contribution is 8.00. The van der Waals surface area contributed by atoms with Gasteiger partial charge in [-0.15, -0.1) is 11.8 Å². The van der Waals surface area contributed by atoms with Gasteiger partial charge >= 0.3 is 6.09 Å². The van der Waals surface area contributed by atoms with Crippen molar-refractivity contribution in [1.29, 1.82) is 0 Å². The van der Waals surface area contributed by atoms with Crippen molar-refractivity contribution in [3.05, 3.63) is 24.3 Å². The molecule has 5 heteroatoms. The van der Waals surface area contributed by atoms with Gasteiger partial charge in [-0.3, -0.25) is 0 Å². The third-order valence-corrected chi connectivity index (χ3v) is 7.88. The number of aromatic hydroxyl groups is 1. The SMILES string of the molecule is CCCCC1C(Sc2ccc(O)cc2)CCN(C(=O)O)C1(CCCC)CCCC. The fraction of sp³-hybridized carbons (Fsp3) is 0.708. The zero-order valence-electron chi connectivity index (χ0n) is 18.4. The molecule has 1 heterocycles. The summed E-state index contributed by atoms with van der Waals surface area (Å²) >= 11 is 1.88. The van der Waals surface area contributed by atoms with E-state index < -0.39 is 6.09 Å². The maximum atomic E-state index is 12.3. The highest BCUT2D eigenvalue weighted by Gasteiger charge is 2.51. The van der Waals surface area contributed by atoms with Crippen LogP contribution in [0.4, 0.5) is 4.79 Å². The summed E-state index contributed by atoms with van der Waals surface area (Å²) in [5, 5.41) is 20.1. The minimum Gasteiger partial charge on any atom is -0.508 e. The first-order valence-electron chi connectivity index (χ1n) is 11.4. The Bertz CT molecular complexity index is 611. The van der Waals surface area contributed by atoms with Gasteiger partial charge in [-0.2, -0.15) is 0 Å². The lowest BCUT2D eigenvalue weighted by Crippen LogP contribution is -2.62. The Morgan fingerprint density at radius 3 is 2.17 bits per heavy atom. The van der Waals surface area contributed by atoms with Crippen molar-refractivity contribution in [1.82, 2.24) is 4.90 Å². The summed E-state index contributed by atoms with van der Waals surface area (Å²) in [6.45, 7) is 7.25. The first-order valence-corrected chi connectivity index (χ1v) is 12.3. The van der Waals surface area contributed by atoms with Crippen molar-refractivity contribution in [2.24, 2.45) is 5.92 Å². The van der Waals surface area contributed by atoms with Gasteiger partial charge in [0.1, 0.15) is 5.75 Å². The molecule has 0 saturated carbocycles. The predicted molar refractivity (Wildman–Crippen MR) is 122 cm³/mol. The number of phenolic OH excluding ortho intramolecular Hbond substituents is 1. The number of phenols is 1. The van der Waals surface area contributed by atoms with E-state index in [9.17, 15) is 15.0 Å². The number of thioether (sulfide) groups is 1. The Balaban J connectivity index is 2.40. The van der Waals surface area contributed by atoms with Crippen LogP contribution in [0.2, 0.25) is 0 Å². The first kappa shape index (κ1) is 23.9. The van der Waals surface area contributed by atoms with Crippen molar-refractivity contribution >= 4 is 17.9 Å². The van der Waals surface area contributed by atoms with Gasteiger partial charge in [0, 0.05) is 16.7 Å². The lowest BCUT2D eigenvalue weighted by atomic mass is 9.68. The van der Waals surface area contributed by atoms with Gasteiger partial charge in [-0.1, -0.05) is 59.3 Å². The number of likely N-dealkylation sites (tertiary alicyclic amines) is 1. The molecule has 1 aliphatic heterocycles. The van der Waals surface area contributed by atoms with E-state index in [4.69, 9.17) is 0 Å². The van der Waals surface area contributed by atoms with Crippen LogP contribution in [0.25, 0.3) is 0 Å². The molecule has 164 valence electrons. The minimum atomic E-state index is -0.744. The molecule has 0 bridgehead atoms. The van der Waals surface area contributed by atoms with Crippen LogP contribution in [-0.4, -0.2) is 38.5 Å². The van der Waals surface area contributed by atoms with E-state index in [-0.39, 0.29) is 11.3 Å². The van der Waals surface area contributed by atoms with Crippen LogP contribution in [0, 0.1) is 5.92 Å². The molecule has 2 rings (SSSR count). The topological polar surface area (TPSA) is 60.8 Å². The second-order valence-electron chi connectivity index (χ2n) is 8.43. The summed E-state index contributed by atoms with van der Waals surface area (Å²) in [7, 11) is 0. The lowest BCUT2D eigenvalue weighted by Gasteiger charge is -2.54. The minimum absolute atomic E-state index is 0.250. The molecule has 1 aromatic carbocycles. The number of carbonyl (C=O) groups is 1. The smallest absolute Gasteiger partial charge is 0.407 e. The van der Waals surface area contributed by atoms with Crippen LogP contribution >= 0.6 is 11.8 Å². The van der Waals surface area contributed by atoms with Gasteiger partial charge in [0.25, 0.3) is 0 Å². The largest absolute Gasteiger partial charge is 0.508 e. The van der Waals surface area contributed by atoms with Crippen LogP contribution in [0.15, 0.2) is 29.2 Å². The number of rotatable bonds is 11. The number of hydrogen-bond acceptors (Lipinski definition) is 3. The summed E-state index contributed by atoms with van der Waals surface area (Å²) in [5.41, 5.74) is -0.250. The van der Waals surface area contributed by atoms with Gasteiger partial charge in [-0.25, -0.2) is 4.79 Å². The van der Waals surface area contributed by atoms with Crippen LogP contribution in [0.3, 0.4) is 0 Å². The fourth-order valence-electron chi connectivity index (χ4n) is 4.96. The van der Waals surface area contributed by atoms with Crippen LogP contribution in [0.5, 0.6) is 5.75 Å². The molecule has 0 aliphatic carbocycles. The molecular formula is C24H39NO3S. The van der Waals surface area contributed by atoms with Crippen LogP contribution < -0.4 is 0 Å². The number of unbranched alkanes of at least 4 members (excludes halogenated alkanes) is 3. The highest BCUT2D eigenvalue weighted by atomic mass is 32.2. The lowest BCUT2D eigenvalue weighted by molar-refractivity contribution is -0.0108. The average molecular weight is 422 g/mol. The van der Waals surface area contributed by atoms with Crippen molar-refractivity contribution in [3.8, 4) is 5.75 Å². The Kier molecular flexibility index (Phi) is 9.67. The highest BCUT2D eigenvalue weighted by Crippen LogP contribution is 2.49. The van der Waals surface area contributed by atoms with Gasteiger partial charge in [-0.05, 0) is 55.9 Å². The Labute approximate surface area is 181 Å². The summed E-state index contributed by atoms with van der Waals surface area (Å²) in [6.07, 6.45) is 9.80. The van der Waals surface area contributed by atoms with E-state index in [0.717, 1.165) is 69.1 Å². The molecule has 0 spiro atoms. The van der Waals surface area contributed by atoms with E-state index >= 15 is 0 Å². The van der Waals surface area contributed by atoms with Gasteiger partial charge in [0.05, 0.1) is 5.54 Å². The fourth-order valence-corrected chi connectivity index (χ4v) is 6.38. The number of piperidine rings is 1. The van der Waals surface area contributed by atoms with E-state index in [1.807, 2.05) is 28.8 Å². The summed E-state index contributed by atoms with van der Waals surface area (Å²) in [6, 6.07) is 7.47. The second kappa shape index (κ2) is 11.7. The van der Waals surface area contributed by atoms with Crippen molar-refractivity contribution in [2.75, 3.05) is 6.54 Å². The molecule has 0 aromatic heterocycles. The average Bonchev–Trinajstić information content (AvgIpc) is 2.71. The summed E-state index contributed by atoms with van der Waals surface area (Å²) in [4.78, 5) is 15.3. The zero-order chi connectivity index (χ0) is 21.3. The second-order valence-corrected chi connectivity index (χ2v) is 9.75. The predicted octanol–water partition coefficient (Wildman–Crippen LogP) is 7.16. The van der Waals surface area contributed by atoms with Crippen LogP contribution in [0.1, 0.15) is 85.0 Å². The quantitative estimate of drug-likeness (QED) is 0.398. The van der Waals surface area contributed by atoms with E-state index in [1.165, 1.54) is 0 Å². The number of hydrogen-bond donors (Lipinski definition) is 2. The molecule has 2 unspecified atom stereocenters. The molecular weight excluding hydrogens is 382 g/mol.